The van der Waals surface area contributed by atoms with Gasteiger partial charge in [0.05, 0.1) is 6.20 Å². The van der Waals surface area contributed by atoms with Gasteiger partial charge >= 0.3 is 0 Å². The molecule has 15 heavy (non-hydrogen) atoms. The number of rotatable bonds is 2. The van der Waals surface area contributed by atoms with Gasteiger partial charge in [-0.2, -0.15) is 5.10 Å². The molecule has 0 radical (unpaired) electrons. The molecular formula is C10H13N5. The number of nitrogens with zero attached hydrogens (tertiary/aromatic N) is 3. The molecule has 3 N–H and O–H groups in total. The molecule has 1 fully saturated rings. The fourth-order valence-electron chi connectivity index (χ4n) is 1.88. The van der Waals surface area contributed by atoms with E-state index in [4.69, 9.17) is 5.73 Å². The third-order valence-corrected chi connectivity index (χ3v) is 2.78. The third-order valence-electron chi connectivity index (χ3n) is 2.78. The van der Waals surface area contributed by atoms with Crippen LogP contribution in [0, 0.1) is 0 Å². The topological polar surface area (TPSA) is 68.2 Å². The molecule has 5 nitrogen and oxygen atoms in total. The Labute approximate surface area is 87.3 Å². The van der Waals surface area contributed by atoms with Crippen LogP contribution in [-0.4, -0.2) is 26.7 Å². The molecule has 2 aromatic rings. The van der Waals surface area contributed by atoms with Gasteiger partial charge in [0, 0.05) is 24.3 Å². The fourth-order valence-corrected chi connectivity index (χ4v) is 1.88. The molecule has 3 rings (SSSR count). The lowest BCUT2D eigenvalue weighted by atomic mass is 9.88. The van der Waals surface area contributed by atoms with Gasteiger partial charge in [-0.1, -0.05) is 0 Å². The number of hydrogen-bond donors (Lipinski definition) is 2. The first kappa shape index (κ1) is 8.67. The Hall–Kier alpha value is -1.62. The highest BCUT2D eigenvalue weighted by molar-refractivity contribution is 5.46. The molecule has 2 aromatic heterocycles. The second-order valence-electron chi connectivity index (χ2n) is 4.02. The van der Waals surface area contributed by atoms with Crippen molar-refractivity contribution in [3.8, 4) is 0 Å². The summed E-state index contributed by atoms with van der Waals surface area (Å²) in [7, 11) is 0. The van der Waals surface area contributed by atoms with Crippen molar-refractivity contribution in [2.75, 3.05) is 5.32 Å². The van der Waals surface area contributed by atoms with E-state index in [0.717, 1.165) is 24.3 Å². The maximum absolute atomic E-state index is 5.72. The summed E-state index contributed by atoms with van der Waals surface area (Å²) in [6.45, 7) is 0. The Morgan fingerprint density at radius 1 is 1.40 bits per heavy atom. The van der Waals surface area contributed by atoms with E-state index < -0.39 is 0 Å². The monoisotopic (exact) mass is 203 g/mol. The quantitative estimate of drug-likeness (QED) is 0.751. The average Bonchev–Trinajstić information content (AvgIpc) is 2.62. The zero-order chi connectivity index (χ0) is 10.3. The summed E-state index contributed by atoms with van der Waals surface area (Å²) < 4.78 is 1.75. The average molecular weight is 203 g/mol. The van der Waals surface area contributed by atoms with Crippen LogP contribution < -0.4 is 11.1 Å². The highest BCUT2D eigenvalue weighted by Gasteiger charge is 2.25. The van der Waals surface area contributed by atoms with Crippen LogP contribution in [0.25, 0.3) is 5.65 Å². The molecule has 0 atom stereocenters. The van der Waals surface area contributed by atoms with Gasteiger partial charge in [0.25, 0.3) is 0 Å². The van der Waals surface area contributed by atoms with Gasteiger partial charge in [0.2, 0.25) is 0 Å². The second kappa shape index (κ2) is 3.20. The minimum absolute atomic E-state index is 0.362. The normalized spacial score (nSPS) is 25.1. The van der Waals surface area contributed by atoms with E-state index >= 15 is 0 Å². The maximum atomic E-state index is 5.72. The van der Waals surface area contributed by atoms with Crippen LogP contribution in [0.2, 0.25) is 0 Å². The first-order chi connectivity index (χ1) is 7.31. The maximum Gasteiger partial charge on any atom is 0.157 e. The summed E-state index contributed by atoms with van der Waals surface area (Å²) in [5.41, 5.74) is 6.59. The summed E-state index contributed by atoms with van der Waals surface area (Å²) in [5.74, 6) is 0.903. The summed E-state index contributed by atoms with van der Waals surface area (Å²) in [6.07, 6.45) is 5.72. The van der Waals surface area contributed by atoms with Crippen LogP contribution in [-0.2, 0) is 0 Å². The first-order valence-electron chi connectivity index (χ1n) is 5.14. The van der Waals surface area contributed by atoms with Gasteiger partial charge in [0.15, 0.2) is 5.65 Å². The fraction of sp³-hybridized carbons (Fsp3) is 0.400. The second-order valence-corrected chi connectivity index (χ2v) is 4.02. The Bertz CT molecular complexity index is 471. The van der Waals surface area contributed by atoms with Crippen molar-refractivity contribution in [1.82, 2.24) is 14.6 Å². The van der Waals surface area contributed by atoms with Crippen molar-refractivity contribution in [2.45, 2.75) is 24.9 Å². The van der Waals surface area contributed by atoms with Crippen molar-refractivity contribution >= 4 is 11.5 Å². The SMILES string of the molecule is NC1CC(Nc2ccn3nccc3n2)C1. The Kier molecular flexibility index (Phi) is 1.85. The van der Waals surface area contributed by atoms with Crippen molar-refractivity contribution in [1.29, 1.82) is 0 Å². The zero-order valence-corrected chi connectivity index (χ0v) is 8.30. The highest BCUT2D eigenvalue weighted by atomic mass is 15.2. The molecule has 78 valence electrons. The molecule has 0 bridgehead atoms. The summed E-state index contributed by atoms with van der Waals surface area (Å²) in [5, 5.41) is 7.45. The Morgan fingerprint density at radius 2 is 2.27 bits per heavy atom. The molecule has 1 saturated carbocycles. The Balaban J connectivity index is 1.79. The number of fused-ring (bicyclic) bond motifs is 1. The lowest BCUT2D eigenvalue weighted by Crippen LogP contribution is -2.44. The predicted molar refractivity (Wildman–Crippen MR) is 57.6 cm³/mol. The number of nitrogens with two attached hydrogens (primary N) is 1. The third kappa shape index (κ3) is 1.55. The molecule has 1 aliphatic carbocycles. The highest BCUT2D eigenvalue weighted by Crippen LogP contribution is 2.21. The van der Waals surface area contributed by atoms with Crippen molar-refractivity contribution < 1.29 is 0 Å². The molecule has 0 saturated heterocycles. The minimum atomic E-state index is 0.362. The van der Waals surface area contributed by atoms with E-state index in [-0.39, 0.29) is 0 Å². The lowest BCUT2D eigenvalue weighted by molar-refractivity contribution is 0.373. The zero-order valence-electron chi connectivity index (χ0n) is 8.30. The molecule has 2 heterocycles. The number of hydrogen-bond acceptors (Lipinski definition) is 4. The van der Waals surface area contributed by atoms with Gasteiger partial charge < -0.3 is 11.1 Å². The molecule has 0 spiro atoms. The van der Waals surface area contributed by atoms with Gasteiger partial charge in [-0.05, 0) is 18.9 Å². The van der Waals surface area contributed by atoms with Gasteiger partial charge in [-0.15, -0.1) is 0 Å². The first-order valence-corrected chi connectivity index (χ1v) is 5.14. The Morgan fingerprint density at radius 3 is 3.07 bits per heavy atom. The van der Waals surface area contributed by atoms with E-state index in [9.17, 15) is 0 Å². The van der Waals surface area contributed by atoms with E-state index in [2.05, 4.69) is 15.4 Å². The van der Waals surface area contributed by atoms with E-state index in [1.807, 2.05) is 18.3 Å². The van der Waals surface area contributed by atoms with Crippen LogP contribution in [0.4, 0.5) is 5.82 Å². The standard InChI is InChI=1S/C10H13N5/c11-7-5-8(6-7)13-9-2-4-15-10(14-9)1-3-12-15/h1-4,7-8H,5-6,11H2,(H,13,14). The summed E-state index contributed by atoms with van der Waals surface area (Å²) >= 11 is 0. The molecule has 0 amide bonds. The minimum Gasteiger partial charge on any atom is -0.367 e. The van der Waals surface area contributed by atoms with E-state index in [1.165, 1.54) is 0 Å². The smallest absolute Gasteiger partial charge is 0.157 e. The molecule has 0 unspecified atom stereocenters. The summed E-state index contributed by atoms with van der Waals surface area (Å²) in [6, 6.07) is 4.67. The molecule has 5 heteroatoms. The molecular weight excluding hydrogens is 190 g/mol. The number of nitrogens with one attached hydrogen (secondary N) is 1. The van der Waals surface area contributed by atoms with Crippen LogP contribution in [0.5, 0.6) is 0 Å². The molecule has 0 aromatic carbocycles. The predicted octanol–water partition coefficient (Wildman–Crippen LogP) is 0.631. The molecule has 0 aliphatic heterocycles. The lowest BCUT2D eigenvalue weighted by Gasteiger charge is -2.33. The van der Waals surface area contributed by atoms with Gasteiger partial charge in [-0.3, -0.25) is 0 Å². The largest absolute Gasteiger partial charge is 0.367 e. The van der Waals surface area contributed by atoms with Crippen molar-refractivity contribution in [2.24, 2.45) is 5.73 Å². The van der Waals surface area contributed by atoms with Crippen LogP contribution in [0.15, 0.2) is 24.5 Å². The van der Waals surface area contributed by atoms with Crippen LogP contribution in [0.1, 0.15) is 12.8 Å². The summed E-state index contributed by atoms with van der Waals surface area (Å²) in [4.78, 5) is 4.43. The van der Waals surface area contributed by atoms with E-state index in [0.29, 0.717) is 12.1 Å². The number of anilines is 1. The van der Waals surface area contributed by atoms with Gasteiger partial charge in [-0.25, -0.2) is 9.50 Å². The molecule has 1 aliphatic rings. The van der Waals surface area contributed by atoms with Crippen LogP contribution in [0.3, 0.4) is 0 Å². The van der Waals surface area contributed by atoms with Gasteiger partial charge in [0.1, 0.15) is 5.82 Å². The number of aromatic nitrogens is 3. The van der Waals surface area contributed by atoms with E-state index in [1.54, 1.807) is 10.7 Å². The van der Waals surface area contributed by atoms with Crippen molar-refractivity contribution in [3.05, 3.63) is 24.5 Å². The van der Waals surface area contributed by atoms with Crippen LogP contribution >= 0.6 is 0 Å². The van der Waals surface area contributed by atoms with Crippen molar-refractivity contribution in [3.63, 3.8) is 0 Å².